The summed E-state index contributed by atoms with van der Waals surface area (Å²) in [6.07, 6.45) is 0. The van der Waals surface area contributed by atoms with Gasteiger partial charge in [-0.05, 0) is 30.3 Å². The lowest BCUT2D eigenvalue weighted by atomic mass is 9.37. The topological polar surface area (TPSA) is 29.5 Å². The predicted octanol–water partition coefficient (Wildman–Crippen LogP) is 5.48. The van der Waals surface area contributed by atoms with Gasteiger partial charge in [0, 0.05) is 21.9 Å². The van der Waals surface area contributed by atoms with Crippen molar-refractivity contribution in [3.05, 3.63) is 109 Å². The summed E-state index contributed by atoms with van der Waals surface area (Å²) in [5.41, 5.74) is 7.14. The molecule has 150 valence electrons. The van der Waals surface area contributed by atoms with Crippen molar-refractivity contribution in [1.29, 1.82) is 0 Å². The largest absolute Gasteiger partial charge is 0.468 e. The maximum absolute atomic E-state index is 6.60. The quantitative estimate of drug-likeness (QED) is 0.353. The zero-order chi connectivity index (χ0) is 21.1. The van der Waals surface area contributed by atoms with Gasteiger partial charge >= 0.3 is 0 Å². The fourth-order valence-electron chi connectivity index (χ4n) is 4.99. The lowest BCUT2D eigenvalue weighted by Gasteiger charge is -2.30. The molecule has 32 heavy (non-hydrogen) atoms. The number of hydrogen-bond donors (Lipinski definition) is 0. The average Bonchev–Trinajstić information content (AvgIpc) is 3.42. The maximum Gasteiger partial charge on any atom is 0.297 e. The molecule has 0 saturated carbocycles. The number of hydrogen-bond acceptors (Lipinski definition) is 3. The lowest BCUT2D eigenvalue weighted by Crippen LogP contribution is -2.56. The molecule has 0 unspecified atom stereocenters. The van der Waals surface area contributed by atoms with Crippen molar-refractivity contribution in [2.75, 3.05) is 4.90 Å². The van der Waals surface area contributed by atoms with E-state index in [0.717, 1.165) is 50.3 Å². The van der Waals surface area contributed by atoms with Crippen LogP contribution in [0.3, 0.4) is 0 Å². The van der Waals surface area contributed by atoms with Gasteiger partial charge in [-0.1, -0.05) is 84.3 Å². The molecule has 0 atom stereocenters. The Morgan fingerprint density at radius 2 is 1.16 bits per heavy atom. The van der Waals surface area contributed by atoms with Crippen LogP contribution in [0.2, 0.25) is 0 Å². The van der Waals surface area contributed by atoms with E-state index < -0.39 is 0 Å². The second kappa shape index (κ2) is 6.66. The van der Waals surface area contributed by atoms with E-state index in [2.05, 4.69) is 83.8 Å². The Morgan fingerprint density at radius 3 is 1.91 bits per heavy atom. The Morgan fingerprint density at radius 1 is 0.562 bits per heavy atom. The minimum absolute atomic E-state index is 0.0581. The smallest absolute Gasteiger partial charge is 0.297 e. The maximum atomic E-state index is 6.60. The SMILES string of the molecule is c1ccc(B2c3oc4ccccc4c3N(c3ccccc3)c3oc4ccccc4c32)cc1. The lowest BCUT2D eigenvalue weighted by molar-refractivity contribution is 0.618. The highest BCUT2D eigenvalue weighted by atomic mass is 16.4. The molecule has 4 aromatic carbocycles. The van der Waals surface area contributed by atoms with Crippen molar-refractivity contribution in [2.45, 2.75) is 0 Å². The molecule has 0 saturated heterocycles. The monoisotopic (exact) mass is 411 g/mol. The highest BCUT2D eigenvalue weighted by Crippen LogP contribution is 2.43. The molecule has 1 aliphatic rings. The van der Waals surface area contributed by atoms with Crippen LogP contribution in [0.4, 0.5) is 17.3 Å². The van der Waals surface area contributed by atoms with Crippen molar-refractivity contribution < 1.29 is 8.83 Å². The van der Waals surface area contributed by atoms with Gasteiger partial charge in [0.25, 0.3) is 6.71 Å². The summed E-state index contributed by atoms with van der Waals surface area (Å²) < 4.78 is 13.2. The standard InChI is InChI=1S/C28H18BNO2/c1-3-11-19(12-4-1)29-25-21-15-7-9-17-23(21)32-28(25)30(20-13-5-2-6-14-20)26-22-16-8-10-18-24(22)31-27(26)29/h1-18H. The number of rotatable bonds is 2. The Balaban J connectivity index is 1.65. The number of furan rings is 2. The number of para-hydroxylation sites is 3. The Kier molecular flexibility index (Phi) is 3.64. The zero-order valence-electron chi connectivity index (χ0n) is 17.2. The van der Waals surface area contributed by atoms with Crippen molar-refractivity contribution in [1.82, 2.24) is 0 Å². The van der Waals surface area contributed by atoms with Crippen molar-refractivity contribution in [3.63, 3.8) is 0 Å². The normalized spacial score (nSPS) is 12.9. The first-order valence-electron chi connectivity index (χ1n) is 10.8. The average molecular weight is 411 g/mol. The van der Waals surface area contributed by atoms with Crippen LogP contribution in [-0.2, 0) is 0 Å². The summed E-state index contributed by atoms with van der Waals surface area (Å²) in [4.78, 5) is 2.22. The number of anilines is 3. The van der Waals surface area contributed by atoms with Gasteiger partial charge in [0.1, 0.15) is 11.2 Å². The highest BCUT2D eigenvalue weighted by molar-refractivity contribution is 6.98. The van der Waals surface area contributed by atoms with Gasteiger partial charge in [0.2, 0.25) is 5.88 Å². The molecule has 0 aliphatic carbocycles. The summed E-state index contributed by atoms with van der Waals surface area (Å²) >= 11 is 0. The van der Waals surface area contributed by atoms with Crippen LogP contribution in [0.15, 0.2) is 118 Å². The van der Waals surface area contributed by atoms with E-state index >= 15 is 0 Å². The zero-order valence-corrected chi connectivity index (χ0v) is 17.2. The molecular weight excluding hydrogens is 393 g/mol. The van der Waals surface area contributed by atoms with E-state index in [4.69, 9.17) is 8.83 Å². The molecule has 2 aromatic heterocycles. The van der Waals surface area contributed by atoms with Crippen LogP contribution in [-0.4, -0.2) is 6.71 Å². The summed E-state index contributed by atoms with van der Waals surface area (Å²) in [6.45, 7) is -0.0581. The van der Waals surface area contributed by atoms with Gasteiger partial charge in [-0.3, -0.25) is 4.90 Å². The van der Waals surface area contributed by atoms with Crippen molar-refractivity contribution in [3.8, 4) is 0 Å². The van der Waals surface area contributed by atoms with Crippen LogP contribution in [0.1, 0.15) is 0 Å². The van der Waals surface area contributed by atoms with Crippen LogP contribution in [0.25, 0.3) is 21.9 Å². The minimum Gasteiger partial charge on any atom is -0.468 e. The molecule has 0 spiro atoms. The van der Waals surface area contributed by atoms with E-state index in [-0.39, 0.29) is 6.71 Å². The van der Waals surface area contributed by atoms with E-state index in [1.165, 1.54) is 5.46 Å². The molecule has 1 aliphatic heterocycles. The van der Waals surface area contributed by atoms with Crippen LogP contribution in [0, 0.1) is 0 Å². The fourth-order valence-corrected chi connectivity index (χ4v) is 4.99. The molecule has 4 heteroatoms. The van der Waals surface area contributed by atoms with E-state index in [0.29, 0.717) is 0 Å². The fraction of sp³-hybridized carbons (Fsp3) is 0. The summed E-state index contributed by atoms with van der Waals surface area (Å²) in [5.74, 6) is 0.852. The van der Waals surface area contributed by atoms with Crippen LogP contribution in [0.5, 0.6) is 0 Å². The first-order chi connectivity index (χ1) is 15.9. The molecule has 3 nitrogen and oxygen atoms in total. The Labute approximate surface area is 185 Å². The molecule has 3 heterocycles. The molecule has 6 aromatic rings. The van der Waals surface area contributed by atoms with Crippen molar-refractivity contribution >= 4 is 62.5 Å². The van der Waals surface area contributed by atoms with Gasteiger partial charge in [-0.25, -0.2) is 0 Å². The number of benzene rings is 4. The molecule has 0 fully saturated rings. The van der Waals surface area contributed by atoms with E-state index in [1.807, 2.05) is 30.3 Å². The summed E-state index contributed by atoms with van der Waals surface area (Å²) in [5, 5.41) is 2.20. The van der Waals surface area contributed by atoms with Crippen LogP contribution >= 0.6 is 0 Å². The van der Waals surface area contributed by atoms with Gasteiger partial charge in [0.15, 0.2) is 0 Å². The molecule has 0 amide bonds. The second-order valence-electron chi connectivity index (χ2n) is 8.14. The van der Waals surface area contributed by atoms with E-state index in [1.54, 1.807) is 0 Å². The Hall–Kier alpha value is -4.18. The molecule has 0 N–H and O–H groups in total. The van der Waals surface area contributed by atoms with Crippen LogP contribution < -0.4 is 21.5 Å². The van der Waals surface area contributed by atoms with Gasteiger partial charge in [0.05, 0.1) is 11.3 Å². The molecular formula is C28H18BNO2. The third-order valence-electron chi connectivity index (χ3n) is 6.33. The summed E-state index contributed by atoms with van der Waals surface area (Å²) in [6, 6.07) is 37.5. The summed E-state index contributed by atoms with van der Waals surface area (Å²) in [7, 11) is 0. The first kappa shape index (κ1) is 17.5. The predicted molar refractivity (Wildman–Crippen MR) is 132 cm³/mol. The molecule has 7 rings (SSSR count). The number of nitrogens with zero attached hydrogens (tertiary/aromatic N) is 1. The number of fused-ring (bicyclic) bond motifs is 6. The minimum atomic E-state index is -0.0581. The molecule has 0 radical (unpaired) electrons. The first-order valence-corrected chi connectivity index (χ1v) is 10.8. The third-order valence-corrected chi connectivity index (χ3v) is 6.33. The van der Waals surface area contributed by atoms with Gasteiger partial charge < -0.3 is 8.83 Å². The second-order valence-corrected chi connectivity index (χ2v) is 8.14. The Bertz CT molecular complexity index is 1460. The molecule has 0 bridgehead atoms. The highest BCUT2D eigenvalue weighted by Gasteiger charge is 2.43. The van der Waals surface area contributed by atoms with Gasteiger partial charge in [-0.2, -0.15) is 0 Å². The van der Waals surface area contributed by atoms with Crippen molar-refractivity contribution in [2.24, 2.45) is 0 Å². The van der Waals surface area contributed by atoms with E-state index in [9.17, 15) is 0 Å². The van der Waals surface area contributed by atoms with Gasteiger partial charge in [-0.15, -0.1) is 0 Å². The third kappa shape index (κ3) is 2.38.